The molecule has 0 unspecified atom stereocenters. The molecule has 1 N–H and O–H groups in total. The number of aryl methyl sites for hydroxylation is 1. The predicted octanol–water partition coefficient (Wildman–Crippen LogP) is 1.70. The third-order valence-electron chi connectivity index (χ3n) is 2.88. The molecule has 108 valence electrons. The van der Waals surface area contributed by atoms with Gasteiger partial charge in [-0.25, -0.2) is 9.97 Å². The maximum absolute atomic E-state index is 8.89. The van der Waals surface area contributed by atoms with Crippen molar-refractivity contribution < 1.29 is 5.11 Å². The highest BCUT2D eigenvalue weighted by molar-refractivity contribution is 5.50. The minimum atomic E-state index is 0.203. The Balaban J connectivity index is 2.87. The summed E-state index contributed by atoms with van der Waals surface area (Å²) >= 11 is 0. The second-order valence-electron chi connectivity index (χ2n) is 5.40. The summed E-state index contributed by atoms with van der Waals surface area (Å²) in [4.78, 5) is 13.2. The van der Waals surface area contributed by atoms with Gasteiger partial charge in [0.1, 0.15) is 17.5 Å². The highest BCUT2D eigenvalue weighted by Crippen LogP contribution is 2.18. The van der Waals surface area contributed by atoms with Crippen LogP contribution >= 0.6 is 0 Å². The monoisotopic (exact) mass is 266 g/mol. The van der Waals surface area contributed by atoms with Gasteiger partial charge in [-0.15, -0.1) is 0 Å². The van der Waals surface area contributed by atoms with Crippen LogP contribution in [0.4, 0.5) is 11.6 Å². The largest absolute Gasteiger partial charge is 0.396 e. The van der Waals surface area contributed by atoms with Gasteiger partial charge >= 0.3 is 0 Å². The van der Waals surface area contributed by atoms with Crippen LogP contribution in [-0.2, 0) is 0 Å². The van der Waals surface area contributed by atoms with Crippen LogP contribution in [0.1, 0.15) is 26.1 Å². The van der Waals surface area contributed by atoms with Gasteiger partial charge in [0.05, 0.1) is 0 Å². The van der Waals surface area contributed by atoms with E-state index in [9.17, 15) is 0 Å². The van der Waals surface area contributed by atoms with Crippen LogP contribution in [0.2, 0.25) is 0 Å². The van der Waals surface area contributed by atoms with E-state index in [4.69, 9.17) is 5.11 Å². The molecule has 0 aromatic carbocycles. The number of anilines is 2. The van der Waals surface area contributed by atoms with Crippen LogP contribution in [0.5, 0.6) is 0 Å². The molecule has 0 aliphatic rings. The Morgan fingerprint density at radius 3 is 2.26 bits per heavy atom. The van der Waals surface area contributed by atoms with Gasteiger partial charge in [0, 0.05) is 39.9 Å². The Morgan fingerprint density at radius 1 is 1.16 bits per heavy atom. The zero-order valence-corrected chi connectivity index (χ0v) is 12.7. The molecule has 5 nitrogen and oxygen atoms in total. The highest BCUT2D eigenvalue weighted by Gasteiger charge is 2.10. The molecular formula is C14H26N4O. The maximum atomic E-state index is 8.89. The third-order valence-corrected chi connectivity index (χ3v) is 2.88. The van der Waals surface area contributed by atoms with Crippen molar-refractivity contribution in [3.05, 3.63) is 11.9 Å². The Bertz CT molecular complexity index is 395. The molecule has 0 atom stereocenters. The first-order chi connectivity index (χ1) is 8.93. The maximum Gasteiger partial charge on any atom is 0.134 e. The van der Waals surface area contributed by atoms with Crippen molar-refractivity contribution in [2.45, 2.75) is 27.2 Å². The molecular weight excluding hydrogens is 240 g/mol. The van der Waals surface area contributed by atoms with Crippen molar-refractivity contribution in [2.24, 2.45) is 5.92 Å². The number of rotatable bonds is 7. The first-order valence-electron chi connectivity index (χ1n) is 6.83. The predicted molar refractivity (Wildman–Crippen MR) is 79.8 cm³/mol. The fourth-order valence-electron chi connectivity index (χ4n) is 1.99. The molecule has 0 bridgehead atoms. The molecule has 0 aliphatic heterocycles. The fourth-order valence-corrected chi connectivity index (χ4v) is 1.99. The third kappa shape index (κ3) is 5.03. The smallest absolute Gasteiger partial charge is 0.134 e. The van der Waals surface area contributed by atoms with E-state index in [0.29, 0.717) is 5.92 Å². The average Bonchev–Trinajstić information content (AvgIpc) is 2.34. The van der Waals surface area contributed by atoms with Crippen LogP contribution in [0, 0.1) is 12.8 Å². The minimum absolute atomic E-state index is 0.203. The van der Waals surface area contributed by atoms with Crippen molar-refractivity contribution in [1.82, 2.24) is 9.97 Å². The van der Waals surface area contributed by atoms with Gasteiger partial charge in [-0.2, -0.15) is 0 Å². The summed E-state index contributed by atoms with van der Waals surface area (Å²) < 4.78 is 0. The summed E-state index contributed by atoms with van der Waals surface area (Å²) in [6.45, 7) is 8.26. The molecule has 0 saturated carbocycles. The number of nitrogens with zero attached hydrogens (tertiary/aromatic N) is 4. The van der Waals surface area contributed by atoms with E-state index in [1.54, 1.807) is 0 Å². The van der Waals surface area contributed by atoms with Gasteiger partial charge < -0.3 is 14.9 Å². The first-order valence-corrected chi connectivity index (χ1v) is 6.83. The molecule has 1 aromatic heterocycles. The molecule has 1 heterocycles. The van der Waals surface area contributed by atoms with Gasteiger partial charge in [-0.3, -0.25) is 0 Å². The average molecular weight is 266 g/mol. The first kappa shape index (κ1) is 15.7. The second kappa shape index (κ2) is 7.28. The summed E-state index contributed by atoms with van der Waals surface area (Å²) in [5.74, 6) is 3.23. The van der Waals surface area contributed by atoms with Gasteiger partial charge in [0.15, 0.2) is 0 Å². The lowest BCUT2D eigenvalue weighted by Crippen LogP contribution is -2.26. The number of aromatic nitrogens is 2. The Morgan fingerprint density at radius 2 is 1.74 bits per heavy atom. The molecule has 0 spiro atoms. The van der Waals surface area contributed by atoms with Gasteiger partial charge in [-0.05, 0) is 19.3 Å². The lowest BCUT2D eigenvalue weighted by atomic mass is 10.2. The van der Waals surface area contributed by atoms with Crippen LogP contribution in [0.25, 0.3) is 0 Å². The number of aliphatic hydroxyl groups is 1. The zero-order valence-electron chi connectivity index (χ0n) is 12.7. The zero-order chi connectivity index (χ0) is 14.4. The van der Waals surface area contributed by atoms with Crippen LogP contribution in [0.15, 0.2) is 6.07 Å². The number of hydrogen-bond acceptors (Lipinski definition) is 5. The molecule has 0 amide bonds. The summed E-state index contributed by atoms with van der Waals surface area (Å²) in [6.07, 6.45) is 0.747. The topological polar surface area (TPSA) is 52.5 Å². The molecule has 0 aliphatic carbocycles. The quantitative estimate of drug-likeness (QED) is 0.814. The molecule has 19 heavy (non-hydrogen) atoms. The summed E-state index contributed by atoms with van der Waals surface area (Å²) in [7, 11) is 4.04. The van der Waals surface area contributed by atoms with E-state index in [1.807, 2.05) is 20.0 Å². The summed E-state index contributed by atoms with van der Waals surface area (Å²) in [6, 6.07) is 2.01. The molecule has 0 saturated heterocycles. The molecule has 1 rings (SSSR count). The van der Waals surface area contributed by atoms with E-state index >= 15 is 0 Å². The van der Waals surface area contributed by atoms with Crippen LogP contribution < -0.4 is 9.80 Å². The molecule has 0 radical (unpaired) electrons. The highest BCUT2D eigenvalue weighted by atomic mass is 16.3. The summed E-state index contributed by atoms with van der Waals surface area (Å²) in [5.41, 5.74) is 0. The molecule has 1 aromatic rings. The van der Waals surface area contributed by atoms with Gasteiger partial charge in [-0.1, -0.05) is 13.8 Å². The minimum Gasteiger partial charge on any atom is -0.396 e. The normalized spacial score (nSPS) is 10.9. The van der Waals surface area contributed by atoms with Gasteiger partial charge in [0.25, 0.3) is 0 Å². The Labute approximate surface area is 116 Å². The van der Waals surface area contributed by atoms with E-state index in [1.165, 1.54) is 0 Å². The Kier molecular flexibility index (Phi) is 6.02. The number of hydrogen-bond donors (Lipinski definition) is 1. The van der Waals surface area contributed by atoms with Gasteiger partial charge in [0.2, 0.25) is 0 Å². The van der Waals surface area contributed by atoms with E-state index < -0.39 is 0 Å². The standard InChI is InChI=1S/C14H26N4O/c1-11(2)10-18(5)14-9-13(15-12(3)16-14)17(4)7-6-8-19/h9,11,19H,6-8,10H2,1-5H3. The fraction of sp³-hybridized carbons (Fsp3) is 0.714. The number of aliphatic hydroxyl groups excluding tert-OH is 1. The molecule has 5 heteroatoms. The van der Waals surface area contributed by atoms with Crippen molar-refractivity contribution >= 4 is 11.6 Å². The Hall–Kier alpha value is -1.36. The lowest BCUT2D eigenvalue weighted by molar-refractivity contribution is 0.290. The van der Waals surface area contributed by atoms with Crippen molar-refractivity contribution in [2.75, 3.05) is 43.6 Å². The van der Waals surface area contributed by atoms with Crippen molar-refractivity contribution in [1.29, 1.82) is 0 Å². The van der Waals surface area contributed by atoms with Crippen molar-refractivity contribution in [3.8, 4) is 0 Å². The van der Waals surface area contributed by atoms with Crippen molar-refractivity contribution in [3.63, 3.8) is 0 Å². The molecule has 0 fully saturated rings. The van der Waals surface area contributed by atoms with Crippen LogP contribution in [0.3, 0.4) is 0 Å². The van der Waals surface area contributed by atoms with E-state index in [-0.39, 0.29) is 6.61 Å². The van der Waals surface area contributed by atoms with E-state index in [0.717, 1.165) is 37.0 Å². The SMILES string of the molecule is Cc1nc(N(C)CCCO)cc(N(C)CC(C)C)n1. The second-order valence-corrected chi connectivity index (χ2v) is 5.40. The van der Waals surface area contributed by atoms with Crippen LogP contribution in [-0.4, -0.2) is 48.9 Å². The summed E-state index contributed by atoms with van der Waals surface area (Å²) in [5, 5.41) is 8.89. The lowest BCUT2D eigenvalue weighted by Gasteiger charge is -2.23. The van der Waals surface area contributed by atoms with E-state index in [2.05, 4.69) is 40.7 Å².